The van der Waals surface area contributed by atoms with Crippen molar-refractivity contribution in [3.05, 3.63) is 0 Å². The van der Waals surface area contributed by atoms with Crippen molar-refractivity contribution in [3.8, 4) is 0 Å². The average molecular weight is 150 g/mol. The summed E-state index contributed by atoms with van der Waals surface area (Å²) >= 11 is 0. The molecule has 56 valence electrons. The first-order valence-corrected chi connectivity index (χ1v) is 4.90. The number of hydrogen-bond acceptors (Lipinski definition) is 2. The van der Waals surface area contributed by atoms with Crippen LogP contribution in [0.2, 0.25) is 0 Å². The lowest BCUT2D eigenvalue weighted by atomic mass is 10.3. The van der Waals surface area contributed by atoms with Gasteiger partial charge in [-0.15, -0.1) is 0 Å². The van der Waals surface area contributed by atoms with Gasteiger partial charge in [-0.2, -0.15) is 0 Å². The standard InChI is InChI=1S/C6H15O2P/c1-3-4-5-6-9(7)8-2/h9H,3-6H2,1-2H3. The molecule has 0 bridgehead atoms. The summed E-state index contributed by atoms with van der Waals surface area (Å²) in [7, 11) is -0.144. The molecule has 0 spiro atoms. The fourth-order valence-corrected chi connectivity index (χ4v) is 1.36. The minimum Gasteiger partial charge on any atom is -0.334 e. The van der Waals surface area contributed by atoms with Gasteiger partial charge in [0.15, 0.2) is 8.03 Å². The highest BCUT2D eigenvalue weighted by atomic mass is 31.1. The molecule has 0 rings (SSSR count). The molecule has 0 amide bonds. The van der Waals surface area contributed by atoms with Crippen LogP contribution >= 0.6 is 8.03 Å². The maximum Gasteiger partial charge on any atom is 0.191 e. The molecule has 0 heterocycles. The Hall–Kier alpha value is 0.190. The second-order valence-corrected chi connectivity index (χ2v) is 3.69. The number of hydrogen-bond donors (Lipinski definition) is 0. The molecule has 0 fully saturated rings. The Bertz CT molecular complexity index is 83.1. The fraction of sp³-hybridized carbons (Fsp3) is 1.00. The monoisotopic (exact) mass is 150 g/mol. The van der Waals surface area contributed by atoms with Crippen molar-refractivity contribution < 1.29 is 9.09 Å². The predicted octanol–water partition coefficient (Wildman–Crippen LogP) is 2.30. The van der Waals surface area contributed by atoms with Gasteiger partial charge in [0.2, 0.25) is 0 Å². The molecule has 1 atom stereocenters. The van der Waals surface area contributed by atoms with Crippen LogP contribution in [0.15, 0.2) is 0 Å². The molecule has 0 N–H and O–H groups in total. The van der Waals surface area contributed by atoms with Gasteiger partial charge >= 0.3 is 0 Å². The van der Waals surface area contributed by atoms with Crippen molar-refractivity contribution in [3.63, 3.8) is 0 Å². The van der Waals surface area contributed by atoms with Crippen LogP contribution in [-0.2, 0) is 9.09 Å². The van der Waals surface area contributed by atoms with Gasteiger partial charge in [0.25, 0.3) is 0 Å². The Labute approximate surface area is 57.5 Å². The van der Waals surface area contributed by atoms with E-state index in [0.717, 1.165) is 12.6 Å². The van der Waals surface area contributed by atoms with Gasteiger partial charge in [-0.25, -0.2) is 0 Å². The highest BCUT2D eigenvalue weighted by molar-refractivity contribution is 7.39. The van der Waals surface area contributed by atoms with Crippen LogP contribution in [0.4, 0.5) is 0 Å². The van der Waals surface area contributed by atoms with E-state index in [1.165, 1.54) is 20.0 Å². The summed E-state index contributed by atoms with van der Waals surface area (Å²) in [6, 6.07) is 0. The summed E-state index contributed by atoms with van der Waals surface area (Å²) in [5, 5.41) is 0. The molecule has 0 aliphatic heterocycles. The molecule has 0 aromatic carbocycles. The molecule has 0 aliphatic rings. The molecular weight excluding hydrogens is 135 g/mol. The summed E-state index contributed by atoms with van der Waals surface area (Å²) in [5.41, 5.74) is 0. The molecule has 2 nitrogen and oxygen atoms in total. The maximum absolute atomic E-state index is 10.6. The van der Waals surface area contributed by atoms with Crippen LogP contribution < -0.4 is 0 Å². The zero-order chi connectivity index (χ0) is 7.11. The van der Waals surface area contributed by atoms with Crippen LogP contribution in [0.25, 0.3) is 0 Å². The zero-order valence-corrected chi connectivity index (χ0v) is 7.14. The largest absolute Gasteiger partial charge is 0.334 e. The molecule has 0 aromatic heterocycles. The summed E-state index contributed by atoms with van der Waals surface area (Å²) in [5.74, 6) is 0. The van der Waals surface area contributed by atoms with Crippen molar-refractivity contribution in [2.24, 2.45) is 0 Å². The van der Waals surface area contributed by atoms with Crippen LogP contribution in [0.3, 0.4) is 0 Å². The van der Waals surface area contributed by atoms with Gasteiger partial charge in [0.05, 0.1) is 0 Å². The first kappa shape index (κ1) is 9.19. The van der Waals surface area contributed by atoms with Crippen molar-refractivity contribution in [2.45, 2.75) is 26.2 Å². The van der Waals surface area contributed by atoms with Crippen molar-refractivity contribution in [1.82, 2.24) is 0 Å². The van der Waals surface area contributed by atoms with E-state index in [2.05, 4.69) is 11.4 Å². The lowest BCUT2D eigenvalue weighted by molar-refractivity contribution is 0.413. The van der Waals surface area contributed by atoms with Crippen LogP contribution in [0.5, 0.6) is 0 Å². The Morgan fingerprint density at radius 2 is 2.11 bits per heavy atom. The lowest BCUT2D eigenvalue weighted by Gasteiger charge is -1.96. The first-order valence-electron chi connectivity index (χ1n) is 3.38. The van der Waals surface area contributed by atoms with Crippen LogP contribution in [-0.4, -0.2) is 13.3 Å². The molecule has 0 radical (unpaired) electrons. The molecule has 0 aromatic rings. The van der Waals surface area contributed by atoms with Gasteiger partial charge < -0.3 is 4.52 Å². The smallest absolute Gasteiger partial charge is 0.191 e. The van der Waals surface area contributed by atoms with Crippen molar-refractivity contribution in [1.29, 1.82) is 0 Å². The highest BCUT2D eigenvalue weighted by Gasteiger charge is 1.93. The van der Waals surface area contributed by atoms with E-state index in [-0.39, 0.29) is 0 Å². The predicted molar refractivity (Wildman–Crippen MR) is 40.4 cm³/mol. The molecule has 3 heteroatoms. The van der Waals surface area contributed by atoms with Gasteiger partial charge in [-0.05, 0) is 6.42 Å². The van der Waals surface area contributed by atoms with Gasteiger partial charge in [0, 0.05) is 13.3 Å². The normalized spacial score (nSPS) is 13.6. The third-order valence-corrected chi connectivity index (χ3v) is 2.43. The molecule has 0 saturated carbocycles. The second-order valence-electron chi connectivity index (χ2n) is 2.03. The van der Waals surface area contributed by atoms with Gasteiger partial charge in [-0.3, -0.25) is 4.57 Å². The third-order valence-electron chi connectivity index (χ3n) is 1.21. The van der Waals surface area contributed by atoms with Gasteiger partial charge in [0.1, 0.15) is 0 Å². The van der Waals surface area contributed by atoms with E-state index in [4.69, 9.17) is 0 Å². The Morgan fingerprint density at radius 1 is 1.44 bits per heavy atom. The number of rotatable bonds is 5. The van der Waals surface area contributed by atoms with Crippen molar-refractivity contribution >= 4 is 8.03 Å². The van der Waals surface area contributed by atoms with E-state index in [1.807, 2.05) is 0 Å². The quantitative estimate of drug-likeness (QED) is 0.444. The minimum atomic E-state index is -1.65. The molecule has 9 heavy (non-hydrogen) atoms. The van der Waals surface area contributed by atoms with E-state index in [0.29, 0.717) is 0 Å². The molecule has 0 saturated heterocycles. The summed E-state index contributed by atoms with van der Waals surface area (Å²) in [6.45, 7) is 2.13. The summed E-state index contributed by atoms with van der Waals surface area (Å²) < 4.78 is 15.3. The average Bonchev–Trinajstić information content (AvgIpc) is 1.89. The van der Waals surface area contributed by atoms with E-state index >= 15 is 0 Å². The van der Waals surface area contributed by atoms with E-state index < -0.39 is 8.03 Å². The Balaban J connectivity index is 2.97. The molecule has 0 aliphatic carbocycles. The SMILES string of the molecule is CCCCC[PH](=O)OC. The summed E-state index contributed by atoms with van der Waals surface area (Å²) in [6.07, 6.45) is 4.15. The van der Waals surface area contributed by atoms with Gasteiger partial charge in [-0.1, -0.05) is 19.8 Å². The van der Waals surface area contributed by atoms with E-state index in [1.54, 1.807) is 0 Å². The third kappa shape index (κ3) is 6.07. The second kappa shape index (κ2) is 6.31. The lowest BCUT2D eigenvalue weighted by Crippen LogP contribution is -1.79. The summed E-state index contributed by atoms with van der Waals surface area (Å²) in [4.78, 5) is 0. The van der Waals surface area contributed by atoms with Crippen LogP contribution in [0, 0.1) is 0 Å². The van der Waals surface area contributed by atoms with Crippen molar-refractivity contribution in [2.75, 3.05) is 13.3 Å². The molecular formula is C6H15O2P. The highest BCUT2D eigenvalue weighted by Crippen LogP contribution is 2.21. The molecule has 1 unspecified atom stereocenters. The Kier molecular flexibility index (Phi) is 6.45. The zero-order valence-electron chi connectivity index (χ0n) is 6.14. The minimum absolute atomic E-state index is 0.759. The number of unbranched alkanes of at least 4 members (excludes halogenated alkanes) is 2. The fourth-order valence-electron chi connectivity index (χ4n) is 0.621. The maximum atomic E-state index is 10.6. The Morgan fingerprint density at radius 3 is 2.56 bits per heavy atom. The first-order chi connectivity index (χ1) is 4.31. The topological polar surface area (TPSA) is 26.3 Å². The van der Waals surface area contributed by atoms with E-state index in [9.17, 15) is 4.57 Å². The van der Waals surface area contributed by atoms with Crippen LogP contribution in [0.1, 0.15) is 26.2 Å².